The van der Waals surface area contributed by atoms with Gasteiger partial charge >= 0.3 is 0 Å². The predicted molar refractivity (Wildman–Crippen MR) is 88.1 cm³/mol. The van der Waals surface area contributed by atoms with Crippen LogP contribution in [0.3, 0.4) is 0 Å². The molecule has 0 bridgehead atoms. The maximum atomic E-state index is 12.1. The molecule has 0 aromatic heterocycles. The lowest BCUT2D eigenvalue weighted by Crippen LogP contribution is -2.49. The Hall–Kier alpha value is -1.18. The number of ether oxygens (including phenoxy) is 1. The third-order valence-electron chi connectivity index (χ3n) is 4.32. The van der Waals surface area contributed by atoms with Crippen LogP contribution in [0.4, 0.5) is 0 Å². The fraction of sp³-hybridized carbons (Fsp3) is 0.875. The Bertz CT molecular complexity index is 378. The van der Waals surface area contributed by atoms with Gasteiger partial charge < -0.3 is 20.7 Å². The fourth-order valence-corrected chi connectivity index (χ4v) is 3.02. The Balaban J connectivity index is 1.60. The van der Waals surface area contributed by atoms with E-state index in [-0.39, 0.29) is 23.9 Å². The van der Waals surface area contributed by atoms with E-state index in [1.807, 2.05) is 6.92 Å². The number of nitrogens with zero attached hydrogens (tertiary/aromatic N) is 1. The Morgan fingerprint density at radius 1 is 1.26 bits per heavy atom. The van der Waals surface area contributed by atoms with Crippen LogP contribution in [0.25, 0.3) is 0 Å². The van der Waals surface area contributed by atoms with Crippen LogP contribution in [0.5, 0.6) is 0 Å². The molecule has 3 N–H and O–H groups in total. The number of piperidine rings is 1. The molecule has 0 saturated carbocycles. The molecule has 23 heavy (non-hydrogen) atoms. The van der Waals surface area contributed by atoms with Gasteiger partial charge in [0.1, 0.15) is 0 Å². The number of hydrogen-bond donors (Lipinski definition) is 3. The van der Waals surface area contributed by atoms with Gasteiger partial charge in [0, 0.05) is 44.7 Å². The smallest absolute Gasteiger partial charge is 0.234 e. The molecule has 0 aromatic rings. The van der Waals surface area contributed by atoms with Gasteiger partial charge in [0.25, 0.3) is 0 Å². The van der Waals surface area contributed by atoms with Crippen LogP contribution in [0.2, 0.25) is 0 Å². The first kappa shape index (κ1) is 18.2. The van der Waals surface area contributed by atoms with Crippen molar-refractivity contribution in [2.45, 2.75) is 44.7 Å². The van der Waals surface area contributed by atoms with Crippen LogP contribution < -0.4 is 16.0 Å². The molecule has 1 unspecified atom stereocenters. The molecule has 2 heterocycles. The van der Waals surface area contributed by atoms with Gasteiger partial charge in [-0.15, -0.1) is 0 Å². The van der Waals surface area contributed by atoms with Crippen LogP contribution in [0, 0.1) is 0 Å². The van der Waals surface area contributed by atoms with Crippen molar-refractivity contribution >= 4 is 11.8 Å². The number of likely N-dealkylation sites (tertiary alicyclic amines) is 1. The monoisotopic (exact) mass is 326 g/mol. The third kappa shape index (κ3) is 6.85. The molecular weight excluding hydrogens is 296 g/mol. The summed E-state index contributed by atoms with van der Waals surface area (Å²) in [4.78, 5) is 25.9. The van der Waals surface area contributed by atoms with E-state index in [0.29, 0.717) is 19.6 Å². The van der Waals surface area contributed by atoms with Crippen molar-refractivity contribution in [3.05, 3.63) is 0 Å². The first-order chi connectivity index (χ1) is 11.2. The molecular formula is C16H30N4O3. The van der Waals surface area contributed by atoms with Gasteiger partial charge in [-0.3, -0.25) is 14.5 Å². The van der Waals surface area contributed by atoms with Gasteiger partial charge in [-0.2, -0.15) is 0 Å². The van der Waals surface area contributed by atoms with E-state index < -0.39 is 0 Å². The fourth-order valence-electron chi connectivity index (χ4n) is 3.02. The average molecular weight is 326 g/mol. The molecule has 2 rings (SSSR count). The number of nitrogens with one attached hydrogen (secondary N) is 3. The van der Waals surface area contributed by atoms with Crippen LogP contribution in [-0.2, 0) is 14.3 Å². The first-order valence-electron chi connectivity index (χ1n) is 8.77. The minimum Gasteiger partial charge on any atom is -0.378 e. The molecule has 2 aliphatic rings. The normalized spacial score (nSPS) is 23.4. The maximum Gasteiger partial charge on any atom is 0.234 e. The van der Waals surface area contributed by atoms with Crippen molar-refractivity contribution < 1.29 is 14.3 Å². The number of morpholine rings is 1. The largest absolute Gasteiger partial charge is 0.378 e. The molecule has 7 heteroatoms. The van der Waals surface area contributed by atoms with E-state index in [1.54, 1.807) is 0 Å². The summed E-state index contributed by atoms with van der Waals surface area (Å²) < 4.78 is 5.36. The van der Waals surface area contributed by atoms with Crippen LogP contribution in [-0.4, -0.2) is 74.7 Å². The molecule has 2 fully saturated rings. The van der Waals surface area contributed by atoms with Crippen LogP contribution in [0.15, 0.2) is 0 Å². The lowest BCUT2D eigenvalue weighted by Gasteiger charge is -2.32. The molecule has 0 spiro atoms. The van der Waals surface area contributed by atoms with Crippen molar-refractivity contribution in [1.29, 1.82) is 0 Å². The summed E-state index contributed by atoms with van der Waals surface area (Å²) in [5, 5.41) is 9.31. The van der Waals surface area contributed by atoms with Crippen molar-refractivity contribution in [3.8, 4) is 0 Å². The van der Waals surface area contributed by atoms with Gasteiger partial charge in [0.2, 0.25) is 11.8 Å². The summed E-state index contributed by atoms with van der Waals surface area (Å²) in [6.45, 7) is 7.11. The Kier molecular flexibility index (Phi) is 7.78. The first-order valence-corrected chi connectivity index (χ1v) is 8.77. The van der Waals surface area contributed by atoms with E-state index in [2.05, 4.69) is 20.9 Å². The van der Waals surface area contributed by atoms with E-state index in [4.69, 9.17) is 4.74 Å². The predicted octanol–water partition coefficient (Wildman–Crippen LogP) is -0.528. The molecule has 1 atom stereocenters. The highest BCUT2D eigenvalue weighted by atomic mass is 16.5. The zero-order valence-corrected chi connectivity index (χ0v) is 14.1. The maximum absolute atomic E-state index is 12.1. The van der Waals surface area contributed by atoms with E-state index >= 15 is 0 Å². The molecule has 0 aromatic carbocycles. The second-order valence-corrected chi connectivity index (χ2v) is 6.40. The molecule has 2 saturated heterocycles. The lowest BCUT2D eigenvalue weighted by molar-refractivity contribution is -0.124. The molecule has 2 amide bonds. The summed E-state index contributed by atoms with van der Waals surface area (Å²) in [6.07, 6.45) is 3.24. The highest BCUT2D eigenvalue weighted by molar-refractivity contribution is 5.78. The van der Waals surface area contributed by atoms with Gasteiger partial charge in [0.05, 0.1) is 19.8 Å². The van der Waals surface area contributed by atoms with Crippen molar-refractivity contribution in [2.24, 2.45) is 0 Å². The number of amides is 2. The van der Waals surface area contributed by atoms with Crippen molar-refractivity contribution in [2.75, 3.05) is 45.9 Å². The summed E-state index contributed by atoms with van der Waals surface area (Å²) >= 11 is 0. The van der Waals surface area contributed by atoms with Gasteiger partial charge in [-0.1, -0.05) is 6.92 Å². The lowest BCUT2D eigenvalue weighted by atomic mass is 10.0. The second-order valence-electron chi connectivity index (χ2n) is 6.40. The average Bonchev–Trinajstić information content (AvgIpc) is 2.55. The van der Waals surface area contributed by atoms with Crippen molar-refractivity contribution in [1.82, 2.24) is 20.9 Å². The molecule has 0 radical (unpaired) electrons. The molecule has 0 aliphatic carbocycles. The second kappa shape index (κ2) is 9.85. The Morgan fingerprint density at radius 2 is 2.04 bits per heavy atom. The zero-order chi connectivity index (χ0) is 16.5. The van der Waals surface area contributed by atoms with E-state index in [9.17, 15) is 9.59 Å². The number of rotatable bonds is 7. The number of hydrogen-bond acceptors (Lipinski definition) is 5. The number of carbonyl (C=O) groups is 2. The summed E-state index contributed by atoms with van der Waals surface area (Å²) in [5.41, 5.74) is 0. The summed E-state index contributed by atoms with van der Waals surface area (Å²) in [5.74, 6) is 0.185. The quantitative estimate of drug-likeness (QED) is 0.586. The van der Waals surface area contributed by atoms with Gasteiger partial charge in [-0.05, 0) is 19.3 Å². The van der Waals surface area contributed by atoms with Crippen LogP contribution >= 0.6 is 0 Å². The summed E-state index contributed by atoms with van der Waals surface area (Å²) in [7, 11) is 0. The summed E-state index contributed by atoms with van der Waals surface area (Å²) in [6, 6.07) is 0.355. The molecule has 2 aliphatic heterocycles. The Labute approximate surface area is 138 Å². The topological polar surface area (TPSA) is 82.7 Å². The molecule has 7 nitrogen and oxygen atoms in total. The zero-order valence-electron chi connectivity index (χ0n) is 14.1. The van der Waals surface area contributed by atoms with E-state index in [1.165, 1.54) is 0 Å². The molecule has 132 valence electrons. The van der Waals surface area contributed by atoms with Gasteiger partial charge in [0.15, 0.2) is 0 Å². The number of carbonyl (C=O) groups excluding carboxylic acids is 2. The van der Waals surface area contributed by atoms with Crippen molar-refractivity contribution in [3.63, 3.8) is 0 Å². The SMILES string of the molecule is CCCNC(=O)CN1CCC(NC(=O)CC2COCCN2)CC1. The highest BCUT2D eigenvalue weighted by Gasteiger charge is 2.23. The minimum atomic E-state index is 0.0899. The van der Waals surface area contributed by atoms with Gasteiger partial charge in [-0.25, -0.2) is 0 Å². The Morgan fingerprint density at radius 3 is 2.70 bits per heavy atom. The standard InChI is InChI=1S/C16H30N4O3/c1-2-5-18-16(22)11-20-7-3-13(4-8-20)19-15(21)10-14-12-23-9-6-17-14/h13-14,17H,2-12H2,1H3,(H,18,22)(H,19,21). The highest BCUT2D eigenvalue weighted by Crippen LogP contribution is 2.10. The van der Waals surface area contributed by atoms with Crippen LogP contribution in [0.1, 0.15) is 32.6 Å². The third-order valence-corrected chi connectivity index (χ3v) is 4.32. The van der Waals surface area contributed by atoms with E-state index in [0.717, 1.165) is 52.0 Å². The minimum absolute atomic E-state index is 0.0899.